The minimum absolute atomic E-state index is 0.180. The number of fused-ring (bicyclic) bond motifs is 1. The summed E-state index contributed by atoms with van der Waals surface area (Å²) in [4.78, 5) is 12.2. The number of anilines is 1. The van der Waals surface area contributed by atoms with Gasteiger partial charge in [-0.2, -0.15) is 0 Å². The smallest absolute Gasteiger partial charge is 0.423 e. The molecule has 0 saturated carbocycles. The van der Waals surface area contributed by atoms with E-state index in [4.69, 9.17) is 4.65 Å². The maximum Gasteiger partial charge on any atom is 0.492 e. The zero-order chi connectivity index (χ0) is 15.9. The molecule has 1 atom stereocenters. The van der Waals surface area contributed by atoms with Crippen LogP contribution in [-0.4, -0.2) is 18.0 Å². The molecule has 0 saturated heterocycles. The summed E-state index contributed by atoms with van der Waals surface area (Å²) in [5.41, 5.74) is 2.40. The lowest BCUT2D eigenvalue weighted by Gasteiger charge is -2.09. The zero-order valence-electron chi connectivity index (χ0n) is 11.6. The molecule has 2 aromatic carbocycles. The molecule has 7 heteroatoms. The van der Waals surface area contributed by atoms with Gasteiger partial charge in [0.25, 0.3) is 5.91 Å². The zero-order valence-corrected chi connectivity index (χ0v) is 13.2. The molecule has 22 heavy (non-hydrogen) atoms. The van der Waals surface area contributed by atoms with E-state index in [2.05, 4.69) is 21.2 Å². The largest absolute Gasteiger partial charge is 0.492 e. The van der Waals surface area contributed by atoms with Crippen LogP contribution in [0.25, 0.3) is 0 Å². The predicted molar refractivity (Wildman–Crippen MR) is 85.6 cm³/mol. The van der Waals surface area contributed by atoms with Crippen molar-refractivity contribution >= 4 is 40.1 Å². The van der Waals surface area contributed by atoms with Crippen molar-refractivity contribution in [2.24, 2.45) is 0 Å². The molecule has 3 rings (SSSR count). The monoisotopic (exact) mass is 363 g/mol. The molecule has 1 heterocycles. The van der Waals surface area contributed by atoms with Crippen LogP contribution in [0.1, 0.15) is 28.9 Å². The van der Waals surface area contributed by atoms with Crippen molar-refractivity contribution in [3.63, 3.8) is 0 Å². The van der Waals surface area contributed by atoms with Crippen LogP contribution in [0.2, 0.25) is 0 Å². The Hall–Kier alpha value is -1.70. The molecule has 0 aromatic heterocycles. The first kappa shape index (κ1) is 15.2. The van der Waals surface area contributed by atoms with E-state index in [-0.39, 0.29) is 12.0 Å². The standard InChI is InChI=1S/C15H12BBrFNO3/c1-8-11-5-3-10(7-13(11)16(21)22-8)19-15(20)12-4-2-9(18)6-14(12)17/h2-8,21H,1H3,(H,19,20). The number of amides is 1. The third-order valence-electron chi connectivity index (χ3n) is 3.56. The average Bonchev–Trinajstić information content (AvgIpc) is 2.73. The second-order valence-corrected chi connectivity index (χ2v) is 5.91. The first-order valence-electron chi connectivity index (χ1n) is 6.69. The van der Waals surface area contributed by atoms with Crippen LogP contribution in [0.4, 0.5) is 10.1 Å². The van der Waals surface area contributed by atoms with Crippen molar-refractivity contribution in [3.05, 3.63) is 57.8 Å². The van der Waals surface area contributed by atoms with Gasteiger partial charge in [-0.15, -0.1) is 0 Å². The summed E-state index contributed by atoms with van der Waals surface area (Å²) >= 11 is 3.17. The van der Waals surface area contributed by atoms with Crippen LogP contribution >= 0.6 is 15.9 Å². The van der Waals surface area contributed by atoms with Gasteiger partial charge in [-0.05, 0) is 64.2 Å². The van der Waals surface area contributed by atoms with Crippen LogP contribution in [0.3, 0.4) is 0 Å². The SMILES string of the molecule is CC1OB(O)c2cc(NC(=O)c3ccc(F)cc3Br)ccc21. The van der Waals surface area contributed by atoms with Gasteiger partial charge < -0.3 is 15.0 Å². The lowest BCUT2D eigenvalue weighted by atomic mass is 9.79. The van der Waals surface area contributed by atoms with Crippen LogP contribution < -0.4 is 10.8 Å². The molecule has 1 aliphatic heterocycles. The van der Waals surface area contributed by atoms with Gasteiger partial charge in [0.1, 0.15) is 5.82 Å². The highest BCUT2D eigenvalue weighted by atomic mass is 79.9. The van der Waals surface area contributed by atoms with E-state index < -0.39 is 12.9 Å². The summed E-state index contributed by atoms with van der Waals surface area (Å²) in [6.07, 6.45) is -0.180. The molecule has 1 amide bonds. The van der Waals surface area contributed by atoms with Gasteiger partial charge in [-0.3, -0.25) is 4.79 Å². The predicted octanol–water partition coefficient (Wildman–Crippen LogP) is 2.62. The number of carbonyl (C=O) groups excluding carboxylic acids is 1. The third-order valence-corrected chi connectivity index (χ3v) is 4.21. The van der Waals surface area contributed by atoms with Crippen molar-refractivity contribution in [2.75, 3.05) is 5.32 Å². The Labute approximate surface area is 135 Å². The molecule has 0 spiro atoms. The third kappa shape index (κ3) is 2.79. The van der Waals surface area contributed by atoms with Crippen molar-refractivity contribution in [3.8, 4) is 0 Å². The minimum Gasteiger partial charge on any atom is -0.423 e. The second-order valence-electron chi connectivity index (χ2n) is 5.05. The van der Waals surface area contributed by atoms with Crippen LogP contribution in [-0.2, 0) is 4.65 Å². The Bertz CT molecular complexity index is 756. The van der Waals surface area contributed by atoms with E-state index in [1.54, 1.807) is 12.1 Å². The summed E-state index contributed by atoms with van der Waals surface area (Å²) in [6, 6.07) is 9.09. The van der Waals surface area contributed by atoms with E-state index in [1.165, 1.54) is 18.2 Å². The molecule has 112 valence electrons. The number of benzene rings is 2. The van der Waals surface area contributed by atoms with E-state index in [0.717, 1.165) is 5.56 Å². The molecule has 2 aromatic rings. The van der Waals surface area contributed by atoms with Gasteiger partial charge in [-0.25, -0.2) is 4.39 Å². The molecule has 0 radical (unpaired) electrons. The first-order valence-corrected chi connectivity index (χ1v) is 7.49. The fourth-order valence-corrected chi connectivity index (χ4v) is 2.98. The Balaban J connectivity index is 1.85. The molecular formula is C15H12BBrFNO3. The Morgan fingerprint density at radius 2 is 2.14 bits per heavy atom. The van der Waals surface area contributed by atoms with Crippen LogP contribution in [0, 0.1) is 5.82 Å². The molecule has 1 unspecified atom stereocenters. The van der Waals surface area contributed by atoms with Gasteiger partial charge in [0.05, 0.1) is 11.7 Å². The second kappa shape index (κ2) is 5.83. The first-order chi connectivity index (χ1) is 10.5. The summed E-state index contributed by atoms with van der Waals surface area (Å²) in [6.45, 7) is 1.85. The lowest BCUT2D eigenvalue weighted by Crippen LogP contribution is -2.28. The van der Waals surface area contributed by atoms with Crippen LogP contribution in [0.5, 0.6) is 0 Å². The highest BCUT2D eigenvalue weighted by molar-refractivity contribution is 9.10. The average molecular weight is 364 g/mol. The number of nitrogens with one attached hydrogen (secondary N) is 1. The summed E-state index contributed by atoms with van der Waals surface area (Å²) in [7, 11) is -0.987. The van der Waals surface area contributed by atoms with Crippen LogP contribution in [0.15, 0.2) is 40.9 Å². The summed E-state index contributed by atoms with van der Waals surface area (Å²) in [5, 5.41) is 12.5. The number of hydrogen-bond donors (Lipinski definition) is 2. The maximum absolute atomic E-state index is 13.1. The molecule has 2 N–H and O–H groups in total. The molecule has 0 bridgehead atoms. The Kier molecular flexibility index (Phi) is 4.03. The fraction of sp³-hybridized carbons (Fsp3) is 0.133. The van der Waals surface area contributed by atoms with Gasteiger partial charge in [0.2, 0.25) is 0 Å². The number of hydrogen-bond acceptors (Lipinski definition) is 3. The molecule has 0 fully saturated rings. The molecular weight excluding hydrogens is 352 g/mol. The van der Waals surface area contributed by atoms with Gasteiger partial charge in [-0.1, -0.05) is 6.07 Å². The Morgan fingerprint density at radius 1 is 1.36 bits per heavy atom. The number of carbonyl (C=O) groups is 1. The van der Waals surface area contributed by atoms with Crippen molar-refractivity contribution in [2.45, 2.75) is 13.0 Å². The van der Waals surface area contributed by atoms with Crippen molar-refractivity contribution in [1.82, 2.24) is 0 Å². The molecule has 1 aliphatic rings. The maximum atomic E-state index is 13.1. The lowest BCUT2D eigenvalue weighted by molar-refractivity contribution is 0.102. The van der Waals surface area contributed by atoms with E-state index in [0.29, 0.717) is 21.2 Å². The highest BCUT2D eigenvalue weighted by Crippen LogP contribution is 2.25. The summed E-state index contributed by atoms with van der Waals surface area (Å²) < 4.78 is 18.7. The van der Waals surface area contributed by atoms with Crippen molar-refractivity contribution < 1.29 is 18.9 Å². The van der Waals surface area contributed by atoms with Gasteiger partial charge in [0.15, 0.2) is 0 Å². The number of rotatable bonds is 2. The summed E-state index contributed by atoms with van der Waals surface area (Å²) in [5.74, 6) is -0.788. The van der Waals surface area contributed by atoms with Crippen molar-refractivity contribution in [1.29, 1.82) is 0 Å². The van der Waals surface area contributed by atoms with E-state index in [9.17, 15) is 14.2 Å². The van der Waals surface area contributed by atoms with Gasteiger partial charge >= 0.3 is 7.12 Å². The minimum atomic E-state index is -0.987. The normalized spacial score (nSPS) is 16.5. The van der Waals surface area contributed by atoms with Gasteiger partial charge in [0, 0.05) is 10.2 Å². The molecule has 4 nitrogen and oxygen atoms in total. The Morgan fingerprint density at radius 3 is 2.86 bits per heavy atom. The number of halogens is 2. The quantitative estimate of drug-likeness (QED) is 0.806. The highest BCUT2D eigenvalue weighted by Gasteiger charge is 2.32. The van der Waals surface area contributed by atoms with E-state index in [1.807, 2.05) is 13.0 Å². The fourth-order valence-electron chi connectivity index (χ4n) is 2.45. The molecule has 0 aliphatic carbocycles. The van der Waals surface area contributed by atoms with E-state index >= 15 is 0 Å². The topological polar surface area (TPSA) is 58.6 Å².